The van der Waals surface area contributed by atoms with Crippen LogP contribution in [-0.4, -0.2) is 6.61 Å². The highest BCUT2D eigenvalue weighted by molar-refractivity contribution is 6.30. The molecule has 0 aliphatic carbocycles. The van der Waals surface area contributed by atoms with Crippen LogP contribution in [-0.2, 0) is 6.54 Å². The van der Waals surface area contributed by atoms with Crippen LogP contribution in [0.4, 0.5) is 5.69 Å². The van der Waals surface area contributed by atoms with Crippen molar-refractivity contribution in [3.05, 3.63) is 59.1 Å². The van der Waals surface area contributed by atoms with Gasteiger partial charge in [-0.3, -0.25) is 0 Å². The summed E-state index contributed by atoms with van der Waals surface area (Å²) in [7, 11) is 0. The SMILES string of the molecule is N#CCCCOc1cccc(NCc2cccc(Cl)c2)c1. The number of nitrogens with zero attached hydrogens (tertiary/aromatic N) is 1. The molecule has 1 N–H and O–H groups in total. The van der Waals surface area contributed by atoms with Gasteiger partial charge >= 0.3 is 0 Å². The van der Waals surface area contributed by atoms with E-state index in [-0.39, 0.29) is 0 Å². The molecule has 0 aliphatic rings. The van der Waals surface area contributed by atoms with Crippen molar-refractivity contribution in [2.75, 3.05) is 11.9 Å². The molecule has 0 heterocycles. The Balaban J connectivity index is 1.87. The van der Waals surface area contributed by atoms with Gasteiger partial charge in [-0.05, 0) is 36.2 Å². The predicted octanol–water partition coefficient (Wildman–Crippen LogP) is 4.63. The van der Waals surface area contributed by atoms with E-state index in [1.54, 1.807) is 0 Å². The van der Waals surface area contributed by atoms with Gasteiger partial charge in [0.25, 0.3) is 0 Å². The van der Waals surface area contributed by atoms with E-state index in [1.165, 1.54) is 0 Å². The molecule has 0 unspecified atom stereocenters. The fourth-order valence-electron chi connectivity index (χ4n) is 1.89. The lowest BCUT2D eigenvalue weighted by Gasteiger charge is -2.10. The second kappa shape index (κ2) is 8.18. The quantitative estimate of drug-likeness (QED) is 0.758. The Hall–Kier alpha value is -2.18. The van der Waals surface area contributed by atoms with Crippen molar-refractivity contribution in [1.82, 2.24) is 0 Å². The Morgan fingerprint density at radius 2 is 2.00 bits per heavy atom. The molecule has 4 heteroatoms. The Bertz CT molecular complexity index is 622. The van der Waals surface area contributed by atoms with Crippen molar-refractivity contribution in [2.45, 2.75) is 19.4 Å². The molecule has 0 radical (unpaired) electrons. The number of nitrogens with one attached hydrogen (secondary N) is 1. The molecule has 0 aromatic heterocycles. The zero-order chi connectivity index (χ0) is 14.9. The summed E-state index contributed by atoms with van der Waals surface area (Å²) >= 11 is 5.96. The lowest BCUT2D eigenvalue weighted by atomic mass is 10.2. The van der Waals surface area contributed by atoms with Crippen molar-refractivity contribution in [3.8, 4) is 11.8 Å². The number of hydrogen-bond acceptors (Lipinski definition) is 3. The molecule has 0 atom stereocenters. The van der Waals surface area contributed by atoms with Gasteiger partial charge in [0.15, 0.2) is 0 Å². The smallest absolute Gasteiger partial charge is 0.121 e. The normalized spacial score (nSPS) is 9.90. The van der Waals surface area contributed by atoms with E-state index in [4.69, 9.17) is 21.6 Å². The predicted molar refractivity (Wildman–Crippen MR) is 85.6 cm³/mol. The molecule has 0 aliphatic heterocycles. The Morgan fingerprint density at radius 3 is 2.81 bits per heavy atom. The van der Waals surface area contributed by atoms with Crippen LogP contribution in [0.3, 0.4) is 0 Å². The van der Waals surface area contributed by atoms with Gasteiger partial charge in [-0.15, -0.1) is 0 Å². The lowest BCUT2D eigenvalue weighted by molar-refractivity contribution is 0.313. The molecule has 0 amide bonds. The van der Waals surface area contributed by atoms with Crippen molar-refractivity contribution >= 4 is 17.3 Å². The van der Waals surface area contributed by atoms with E-state index in [0.29, 0.717) is 19.6 Å². The molecule has 0 spiro atoms. The molecule has 0 fully saturated rings. The first-order valence-corrected chi connectivity index (χ1v) is 7.24. The Morgan fingerprint density at radius 1 is 1.14 bits per heavy atom. The molecule has 2 rings (SSSR count). The molecule has 0 bridgehead atoms. The van der Waals surface area contributed by atoms with Gasteiger partial charge in [0, 0.05) is 29.7 Å². The number of anilines is 1. The van der Waals surface area contributed by atoms with E-state index in [9.17, 15) is 0 Å². The van der Waals surface area contributed by atoms with Gasteiger partial charge in [0.2, 0.25) is 0 Å². The van der Waals surface area contributed by atoms with E-state index in [1.807, 2.05) is 48.5 Å². The van der Waals surface area contributed by atoms with Crippen LogP contribution in [0.2, 0.25) is 5.02 Å². The summed E-state index contributed by atoms with van der Waals surface area (Å²) in [5.74, 6) is 0.809. The summed E-state index contributed by atoms with van der Waals surface area (Å²) in [6.07, 6.45) is 1.27. The number of rotatable bonds is 7. The number of nitriles is 1. The third kappa shape index (κ3) is 5.37. The highest BCUT2D eigenvalue weighted by Crippen LogP contribution is 2.19. The summed E-state index contributed by atoms with van der Waals surface area (Å²) in [5, 5.41) is 12.6. The maximum absolute atomic E-state index is 8.48. The topological polar surface area (TPSA) is 45.0 Å². The molecule has 108 valence electrons. The monoisotopic (exact) mass is 300 g/mol. The fraction of sp³-hybridized carbons (Fsp3) is 0.235. The number of hydrogen-bond donors (Lipinski definition) is 1. The molecular formula is C17H17ClN2O. The van der Waals surface area contributed by atoms with Crippen molar-refractivity contribution in [3.63, 3.8) is 0 Å². The van der Waals surface area contributed by atoms with Crippen LogP contribution in [0.15, 0.2) is 48.5 Å². The highest BCUT2D eigenvalue weighted by atomic mass is 35.5. The van der Waals surface area contributed by atoms with Crippen LogP contribution < -0.4 is 10.1 Å². The zero-order valence-electron chi connectivity index (χ0n) is 11.7. The van der Waals surface area contributed by atoms with Crippen LogP contribution in [0, 0.1) is 11.3 Å². The van der Waals surface area contributed by atoms with E-state index < -0.39 is 0 Å². The molecule has 0 saturated heterocycles. The van der Waals surface area contributed by atoms with Gasteiger partial charge < -0.3 is 10.1 Å². The number of benzene rings is 2. The molecule has 21 heavy (non-hydrogen) atoms. The number of ether oxygens (including phenoxy) is 1. The van der Waals surface area contributed by atoms with Crippen molar-refractivity contribution in [1.29, 1.82) is 5.26 Å². The average molecular weight is 301 g/mol. The largest absolute Gasteiger partial charge is 0.493 e. The van der Waals surface area contributed by atoms with E-state index in [0.717, 1.165) is 28.4 Å². The van der Waals surface area contributed by atoms with Gasteiger partial charge in [0.1, 0.15) is 5.75 Å². The van der Waals surface area contributed by atoms with E-state index in [2.05, 4.69) is 11.4 Å². The lowest BCUT2D eigenvalue weighted by Crippen LogP contribution is -2.01. The molecular weight excluding hydrogens is 284 g/mol. The van der Waals surface area contributed by atoms with Crippen LogP contribution >= 0.6 is 11.6 Å². The van der Waals surface area contributed by atoms with Crippen LogP contribution in [0.5, 0.6) is 5.75 Å². The van der Waals surface area contributed by atoms with Gasteiger partial charge in [-0.2, -0.15) is 5.26 Å². The minimum absolute atomic E-state index is 0.521. The highest BCUT2D eigenvalue weighted by Gasteiger charge is 1.98. The average Bonchev–Trinajstić information content (AvgIpc) is 2.50. The van der Waals surface area contributed by atoms with Crippen LogP contribution in [0.1, 0.15) is 18.4 Å². The van der Waals surface area contributed by atoms with Gasteiger partial charge in [0.05, 0.1) is 12.7 Å². The van der Waals surface area contributed by atoms with Gasteiger partial charge in [-0.1, -0.05) is 29.8 Å². The summed E-state index contributed by atoms with van der Waals surface area (Å²) in [4.78, 5) is 0. The van der Waals surface area contributed by atoms with E-state index >= 15 is 0 Å². The minimum atomic E-state index is 0.521. The minimum Gasteiger partial charge on any atom is -0.493 e. The van der Waals surface area contributed by atoms with Gasteiger partial charge in [-0.25, -0.2) is 0 Å². The summed E-state index contributed by atoms with van der Waals surface area (Å²) in [5.41, 5.74) is 2.12. The van der Waals surface area contributed by atoms with Crippen molar-refractivity contribution < 1.29 is 4.74 Å². The van der Waals surface area contributed by atoms with Crippen molar-refractivity contribution in [2.24, 2.45) is 0 Å². The third-order valence-electron chi connectivity index (χ3n) is 2.92. The number of unbranched alkanes of at least 4 members (excludes halogenated alkanes) is 1. The molecule has 3 nitrogen and oxygen atoms in total. The first-order valence-electron chi connectivity index (χ1n) is 6.86. The molecule has 2 aromatic rings. The number of halogens is 1. The first-order chi connectivity index (χ1) is 10.3. The molecule has 2 aromatic carbocycles. The second-order valence-electron chi connectivity index (χ2n) is 4.62. The standard InChI is InChI=1S/C17H17ClN2O/c18-15-6-3-5-14(11-15)13-20-16-7-4-8-17(12-16)21-10-2-1-9-19/h3-8,11-12,20H,1-2,10,13H2. The summed E-state index contributed by atoms with van der Waals surface area (Å²) < 4.78 is 5.61. The Kier molecular flexibility index (Phi) is 5.93. The maximum Gasteiger partial charge on any atom is 0.121 e. The molecule has 0 saturated carbocycles. The maximum atomic E-state index is 8.48. The zero-order valence-corrected chi connectivity index (χ0v) is 12.4. The first kappa shape index (κ1) is 15.2. The fourth-order valence-corrected chi connectivity index (χ4v) is 2.10. The third-order valence-corrected chi connectivity index (χ3v) is 3.16. The Labute approximate surface area is 130 Å². The van der Waals surface area contributed by atoms with Crippen LogP contribution in [0.25, 0.3) is 0 Å². The summed E-state index contributed by atoms with van der Waals surface area (Å²) in [6, 6.07) is 17.7. The summed E-state index contributed by atoms with van der Waals surface area (Å²) in [6.45, 7) is 1.27. The second-order valence-corrected chi connectivity index (χ2v) is 5.06.